The molecule has 4 rings (SSSR count). The molecule has 10 heteroatoms. The summed E-state index contributed by atoms with van der Waals surface area (Å²) in [5.41, 5.74) is -7.66. The summed E-state index contributed by atoms with van der Waals surface area (Å²) in [6, 6.07) is 15.1. The Bertz CT molecular complexity index is 1350. The van der Waals surface area contributed by atoms with Gasteiger partial charge in [0.1, 0.15) is 0 Å². The summed E-state index contributed by atoms with van der Waals surface area (Å²) < 4.78 is 94.4. The third-order valence-corrected chi connectivity index (χ3v) is 5.18. The van der Waals surface area contributed by atoms with Gasteiger partial charge in [0, 0.05) is 22.7 Å². The fraction of sp³-hybridized carbons (Fsp3) is 0.130. The number of nitrogens with one attached hydrogen (secondary N) is 1. The van der Waals surface area contributed by atoms with Gasteiger partial charge in [0.05, 0.1) is 11.2 Å². The second-order valence-corrected chi connectivity index (χ2v) is 7.23. The Labute approximate surface area is 181 Å². The van der Waals surface area contributed by atoms with Crippen molar-refractivity contribution in [3.8, 4) is 0 Å². The summed E-state index contributed by atoms with van der Waals surface area (Å²) in [6.45, 7) is 0. The quantitative estimate of drug-likeness (QED) is 0.333. The number of hydrogen-bond donors (Lipinski definition) is 1. The lowest BCUT2D eigenvalue weighted by Gasteiger charge is -2.31. The molecule has 3 aromatic carbocycles. The third kappa shape index (κ3) is 3.75. The number of hydrogen-bond acceptors (Lipinski definition) is 2. The number of carbonyl (C=O) groups excluding carboxylic acids is 1. The van der Waals surface area contributed by atoms with Crippen molar-refractivity contribution in [2.75, 3.05) is 5.32 Å². The van der Waals surface area contributed by atoms with Crippen molar-refractivity contribution in [2.24, 2.45) is 0 Å². The van der Waals surface area contributed by atoms with E-state index >= 15 is 0 Å². The molecule has 0 aliphatic heterocycles. The Morgan fingerprint density at radius 3 is 2.09 bits per heavy atom. The molecule has 1 amide bonds. The number of nitrogens with zero attached hydrogens (tertiary/aromatic N) is 1. The van der Waals surface area contributed by atoms with Crippen LogP contribution >= 0.6 is 0 Å². The summed E-state index contributed by atoms with van der Waals surface area (Å²) in [7, 11) is 0. The fourth-order valence-corrected chi connectivity index (χ4v) is 3.57. The van der Waals surface area contributed by atoms with E-state index in [-0.39, 0.29) is 11.3 Å². The Balaban J connectivity index is 1.80. The number of carbonyl (C=O) groups is 1. The monoisotopic (exact) mass is 466 g/mol. The van der Waals surface area contributed by atoms with Crippen molar-refractivity contribution in [1.29, 1.82) is 0 Å². The summed E-state index contributed by atoms with van der Waals surface area (Å²) in [5, 5.41) is 3.32. The van der Waals surface area contributed by atoms with Gasteiger partial charge in [-0.15, -0.1) is 0 Å². The van der Waals surface area contributed by atoms with Crippen LogP contribution in [-0.4, -0.2) is 23.2 Å². The Hall–Kier alpha value is -3.69. The predicted octanol–water partition coefficient (Wildman–Crippen LogP) is 6.93. The zero-order valence-electron chi connectivity index (χ0n) is 16.4. The van der Waals surface area contributed by atoms with Crippen LogP contribution in [0.1, 0.15) is 15.9 Å². The van der Waals surface area contributed by atoms with E-state index in [1.165, 1.54) is 6.07 Å². The predicted molar refractivity (Wildman–Crippen MR) is 109 cm³/mol. The summed E-state index contributed by atoms with van der Waals surface area (Å²) in [6.07, 6.45) is -11.4. The van der Waals surface area contributed by atoms with Crippen molar-refractivity contribution in [2.45, 2.75) is 18.0 Å². The first-order chi connectivity index (χ1) is 15.4. The van der Waals surface area contributed by atoms with E-state index in [1.807, 2.05) is 12.1 Å². The number of aromatic nitrogens is 1. The molecule has 1 N–H and O–H groups in total. The molecule has 0 radical (unpaired) electrons. The molecule has 33 heavy (non-hydrogen) atoms. The molecule has 0 spiro atoms. The van der Waals surface area contributed by atoms with Crippen LogP contribution in [0, 0.1) is 0 Å². The molecular formula is C23H13F7N2O. The Morgan fingerprint density at radius 2 is 1.42 bits per heavy atom. The molecular weight excluding hydrogens is 453 g/mol. The molecule has 0 aliphatic carbocycles. The molecule has 4 aromatic rings. The second-order valence-electron chi connectivity index (χ2n) is 7.23. The molecule has 0 fully saturated rings. The molecule has 170 valence electrons. The lowest BCUT2D eigenvalue weighted by atomic mass is 9.90. The average Bonchev–Trinajstić information content (AvgIpc) is 2.77. The molecule has 1 aromatic heterocycles. The molecule has 0 saturated heterocycles. The van der Waals surface area contributed by atoms with E-state index in [0.717, 1.165) is 35.2 Å². The van der Waals surface area contributed by atoms with Gasteiger partial charge in [0.2, 0.25) is 0 Å². The summed E-state index contributed by atoms with van der Waals surface area (Å²) >= 11 is 0. The van der Waals surface area contributed by atoms with Gasteiger partial charge in [-0.3, -0.25) is 9.78 Å². The highest BCUT2D eigenvalue weighted by molar-refractivity contribution is 6.10. The fourth-order valence-electron chi connectivity index (χ4n) is 3.57. The summed E-state index contributed by atoms with van der Waals surface area (Å²) in [5.74, 6) is -0.668. The van der Waals surface area contributed by atoms with Crippen LogP contribution in [0.4, 0.5) is 36.4 Å². The zero-order valence-corrected chi connectivity index (χ0v) is 16.4. The second kappa shape index (κ2) is 7.72. The van der Waals surface area contributed by atoms with E-state index in [4.69, 9.17) is 0 Å². The first-order valence-electron chi connectivity index (χ1n) is 9.44. The van der Waals surface area contributed by atoms with Gasteiger partial charge in [-0.25, -0.2) is 4.39 Å². The van der Waals surface area contributed by atoms with Gasteiger partial charge >= 0.3 is 18.0 Å². The first-order valence-corrected chi connectivity index (χ1v) is 9.44. The average molecular weight is 466 g/mol. The van der Waals surface area contributed by atoms with Gasteiger partial charge in [0.15, 0.2) is 0 Å². The molecule has 3 nitrogen and oxygen atoms in total. The van der Waals surface area contributed by atoms with E-state index in [1.54, 1.807) is 24.3 Å². The highest BCUT2D eigenvalue weighted by Gasteiger charge is 2.74. The number of benzene rings is 3. The summed E-state index contributed by atoms with van der Waals surface area (Å²) in [4.78, 5) is 16.5. The van der Waals surface area contributed by atoms with Gasteiger partial charge < -0.3 is 5.32 Å². The standard InChI is InChI=1S/C23H13F7N2O/c24-21(22(25,26)27,23(28,29)30)17-9-10-18(19-16(17)6-3-11-31-19)32-20(33)15-8-7-13-4-1-2-5-14(13)12-15/h1-12H,(H,32,33). The van der Waals surface area contributed by atoms with Crippen molar-refractivity contribution in [1.82, 2.24) is 4.98 Å². The maximum absolute atomic E-state index is 14.7. The molecule has 0 unspecified atom stereocenters. The third-order valence-electron chi connectivity index (χ3n) is 5.18. The normalized spacial score (nSPS) is 12.8. The number of halogens is 7. The van der Waals surface area contributed by atoms with Crippen LogP contribution < -0.4 is 5.32 Å². The molecule has 0 saturated carbocycles. The Morgan fingerprint density at radius 1 is 0.758 bits per heavy atom. The maximum atomic E-state index is 14.7. The van der Waals surface area contributed by atoms with Crippen LogP contribution in [0.3, 0.4) is 0 Å². The number of amides is 1. The largest absolute Gasteiger partial charge is 0.435 e. The molecule has 0 bridgehead atoms. The molecule has 0 atom stereocenters. The van der Waals surface area contributed by atoms with Gasteiger partial charge in [0.25, 0.3) is 5.91 Å². The highest BCUT2D eigenvalue weighted by Crippen LogP contribution is 2.54. The number of anilines is 1. The lowest BCUT2D eigenvalue weighted by Crippen LogP contribution is -2.50. The minimum absolute atomic E-state index is 0.167. The number of pyridine rings is 1. The van der Waals surface area contributed by atoms with Crippen molar-refractivity contribution in [3.05, 3.63) is 84.1 Å². The van der Waals surface area contributed by atoms with Crippen LogP contribution in [0.15, 0.2) is 72.9 Å². The van der Waals surface area contributed by atoms with Crippen LogP contribution in [0.2, 0.25) is 0 Å². The van der Waals surface area contributed by atoms with Crippen molar-refractivity contribution < 1.29 is 35.5 Å². The van der Waals surface area contributed by atoms with Crippen LogP contribution in [0.5, 0.6) is 0 Å². The molecule has 1 heterocycles. The van der Waals surface area contributed by atoms with Gasteiger partial charge in [-0.2, -0.15) is 26.3 Å². The smallest absolute Gasteiger partial charge is 0.320 e. The SMILES string of the molecule is O=C(Nc1ccc(C(F)(C(F)(F)F)C(F)(F)F)c2cccnc12)c1ccc2ccccc2c1. The zero-order chi connectivity index (χ0) is 24.0. The minimum atomic E-state index is -6.27. The van der Waals surface area contributed by atoms with Crippen LogP contribution in [0.25, 0.3) is 21.7 Å². The van der Waals surface area contributed by atoms with Crippen LogP contribution in [-0.2, 0) is 5.67 Å². The van der Waals surface area contributed by atoms with E-state index in [2.05, 4.69) is 10.3 Å². The van der Waals surface area contributed by atoms with Gasteiger partial charge in [-0.1, -0.05) is 42.5 Å². The maximum Gasteiger partial charge on any atom is 0.435 e. The topological polar surface area (TPSA) is 42.0 Å². The van der Waals surface area contributed by atoms with E-state index < -0.39 is 40.4 Å². The van der Waals surface area contributed by atoms with Gasteiger partial charge in [-0.05, 0) is 35.0 Å². The Kier molecular flexibility index (Phi) is 5.26. The lowest BCUT2D eigenvalue weighted by molar-refractivity contribution is -0.348. The first kappa shape index (κ1) is 22.5. The van der Waals surface area contributed by atoms with E-state index in [9.17, 15) is 35.5 Å². The number of alkyl halides is 7. The highest BCUT2D eigenvalue weighted by atomic mass is 19.4. The minimum Gasteiger partial charge on any atom is -0.320 e. The number of rotatable bonds is 3. The van der Waals surface area contributed by atoms with E-state index in [0.29, 0.717) is 6.07 Å². The molecule has 0 aliphatic rings. The number of fused-ring (bicyclic) bond motifs is 2. The van der Waals surface area contributed by atoms with Crippen molar-refractivity contribution in [3.63, 3.8) is 0 Å². The van der Waals surface area contributed by atoms with Crippen molar-refractivity contribution >= 4 is 33.3 Å².